The van der Waals surface area contributed by atoms with E-state index in [1.54, 1.807) is 11.8 Å². The van der Waals surface area contributed by atoms with Gasteiger partial charge in [-0.25, -0.2) is 0 Å². The Hall–Kier alpha value is -0.850. The fourth-order valence-corrected chi connectivity index (χ4v) is 3.46. The molecule has 0 saturated carbocycles. The van der Waals surface area contributed by atoms with Crippen LogP contribution in [0.3, 0.4) is 0 Å². The van der Waals surface area contributed by atoms with Gasteiger partial charge in [-0.15, -0.1) is 0 Å². The molecule has 1 aliphatic heterocycles. The number of aromatic nitrogens is 2. The number of aliphatic imine (C=N–C) groups is 1. The van der Waals surface area contributed by atoms with Crippen molar-refractivity contribution in [3.05, 3.63) is 17.2 Å². The van der Waals surface area contributed by atoms with Crippen molar-refractivity contribution in [2.75, 3.05) is 17.6 Å². The molecule has 0 radical (unpaired) electrons. The maximum absolute atomic E-state index is 6.25. The zero-order valence-electron chi connectivity index (χ0n) is 10.6. The molecule has 4 nitrogen and oxygen atoms in total. The van der Waals surface area contributed by atoms with E-state index in [4.69, 9.17) is 11.6 Å². The summed E-state index contributed by atoms with van der Waals surface area (Å²) in [5.41, 5.74) is 2.73. The predicted octanol–water partition coefficient (Wildman–Crippen LogP) is 3.89. The van der Waals surface area contributed by atoms with Gasteiger partial charge in [0.25, 0.3) is 0 Å². The second-order valence-corrected chi connectivity index (χ2v) is 7.15. The molecular formula is C12H13ClN4S2. The van der Waals surface area contributed by atoms with Crippen LogP contribution in [-0.4, -0.2) is 26.2 Å². The van der Waals surface area contributed by atoms with Crippen molar-refractivity contribution in [1.29, 1.82) is 0 Å². The fraction of sp³-hybridized carbons (Fsp3) is 0.417. The number of anilines is 1. The van der Waals surface area contributed by atoms with Gasteiger partial charge in [0, 0.05) is 12.3 Å². The Kier molecular flexibility index (Phi) is 3.41. The summed E-state index contributed by atoms with van der Waals surface area (Å²) in [6.07, 6.45) is 0. The van der Waals surface area contributed by atoms with Crippen molar-refractivity contribution in [3.8, 4) is 0 Å². The number of rotatable bonds is 1. The highest BCUT2D eigenvalue weighted by Crippen LogP contribution is 2.33. The molecule has 2 aromatic rings. The molecule has 1 aromatic carbocycles. The number of thioether (sulfide) groups is 1. The van der Waals surface area contributed by atoms with Crippen molar-refractivity contribution in [2.45, 2.75) is 13.8 Å². The lowest BCUT2D eigenvalue weighted by Crippen LogP contribution is -2.27. The Morgan fingerprint density at radius 1 is 1.32 bits per heavy atom. The third-order valence-electron chi connectivity index (χ3n) is 2.86. The van der Waals surface area contributed by atoms with E-state index in [-0.39, 0.29) is 5.41 Å². The summed E-state index contributed by atoms with van der Waals surface area (Å²) in [5, 5.41) is 4.85. The van der Waals surface area contributed by atoms with Crippen molar-refractivity contribution in [1.82, 2.24) is 8.75 Å². The lowest BCUT2D eigenvalue weighted by atomic mass is 9.97. The SMILES string of the molecule is CC1(C)CN=C(Nc2c(Cl)ccc3nsnc23)SC1. The molecule has 3 rings (SSSR count). The van der Waals surface area contributed by atoms with Crippen LogP contribution in [-0.2, 0) is 0 Å². The van der Waals surface area contributed by atoms with E-state index in [0.29, 0.717) is 5.02 Å². The molecule has 2 heterocycles. The Balaban J connectivity index is 1.92. The highest BCUT2D eigenvalue weighted by Gasteiger charge is 2.24. The van der Waals surface area contributed by atoms with Crippen LogP contribution in [0.4, 0.5) is 5.69 Å². The van der Waals surface area contributed by atoms with Gasteiger partial charge in [0.1, 0.15) is 11.0 Å². The summed E-state index contributed by atoms with van der Waals surface area (Å²) in [6, 6.07) is 3.72. The standard InChI is InChI=1S/C12H13ClN4S2/c1-12(2)5-14-11(18-6-12)15-9-7(13)3-4-8-10(9)17-19-16-8/h3-4H,5-6H2,1-2H3,(H,14,15). The Morgan fingerprint density at radius 3 is 2.89 bits per heavy atom. The van der Waals surface area contributed by atoms with Crippen LogP contribution in [0.25, 0.3) is 11.0 Å². The number of benzene rings is 1. The maximum Gasteiger partial charge on any atom is 0.161 e. The van der Waals surface area contributed by atoms with Crippen LogP contribution in [0.5, 0.6) is 0 Å². The molecule has 0 spiro atoms. The van der Waals surface area contributed by atoms with Crippen LogP contribution in [0.2, 0.25) is 5.02 Å². The van der Waals surface area contributed by atoms with E-state index < -0.39 is 0 Å². The molecule has 0 atom stereocenters. The van der Waals surface area contributed by atoms with Crippen LogP contribution < -0.4 is 5.32 Å². The van der Waals surface area contributed by atoms with E-state index in [2.05, 4.69) is 32.9 Å². The molecule has 1 aliphatic rings. The molecule has 0 fully saturated rings. The quantitative estimate of drug-likeness (QED) is 0.868. The van der Waals surface area contributed by atoms with Crippen LogP contribution in [0.15, 0.2) is 17.1 Å². The molecule has 0 unspecified atom stereocenters. The smallest absolute Gasteiger partial charge is 0.161 e. The van der Waals surface area contributed by atoms with Crippen molar-refractivity contribution in [3.63, 3.8) is 0 Å². The summed E-state index contributed by atoms with van der Waals surface area (Å²) in [4.78, 5) is 4.57. The molecule has 7 heteroatoms. The van der Waals surface area contributed by atoms with Gasteiger partial charge < -0.3 is 5.32 Å². The molecule has 0 amide bonds. The minimum Gasteiger partial charge on any atom is -0.332 e. The number of halogens is 1. The Morgan fingerprint density at radius 2 is 2.16 bits per heavy atom. The van der Waals surface area contributed by atoms with Crippen LogP contribution in [0, 0.1) is 5.41 Å². The van der Waals surface area contributed by atoms with E-state index in [1.807, 2.05) is 12.1 Å². The topological polar surface area (TPSA) is 50.2 Å². The minimum atomic E-state index is 0.258. The van der Waals surface area contributed by atoms with Gasteiger partial charge in [0.2, 0.25) is 0 Å². The highest BCUT2D eigenvalue weighted by molar-refractivity contribution is 8.14. The van der Waals surface area contributed by atoms with E-state index >= 15 is 0 Å². The second kappa shape index (κ2) is 4.92. The molecule has 0 bridgehead atoms. The number of nitrogens with one attached hydrogen (secondary N) is 1. The van der Waals surface area contributed by atoms with Gasteiger partial charge in [-0.3, -0.25) is 4.99 Å². The number of hydrogen-bond donors (Lipinski definition) is 1. The summed E-state index contributed by atoms with van der Waals surface area (Å²) in [7, 11) is 0. The van der Waals surface area contributed by atoms with E-state index in [1.165, 1.54) is 11.7 Å². The fourth-order valence-electron chi connectivity index (χ4n) is 1.77. The second-order valence-electron chi connectivity index (χ2n) is 5.25. The average molecular weight is 313 g/mol. The molecular weight excluding hydrogens is 300 g/mol. The predicted molar refractivity (Wildman–Crippen MR) is 84.6 cm³/mol. The van der Waals surface area contributed by atoms with Gasteiger partial charge in [-0.05, 0) is 17.5 Å². The lowest BCUT2D eigenvalue weighted by Gasteiger charge is -2.27. The monoisotopic (exact) mass is 312 g/mol. The number of nitrogens with zero attached hydrogens (tertiary/aromatic N) is 3. The molecule has 100 valence electrons. The van der Waals surface area contributed by atoms with Crippen molar-refractivity contribution in [2.24, 2.45) is 10.4 Å². The first kappa shape index (κ1) is 13.1. The third-order valence-corrected chi connectivity index (χ3v) is 5.15. The van der Waals surface area contributed by atoms with Gasteiger partial charge in [0.05, 0.1) is 22.4 Å². The van der Waals surface area contributed by atoms with Crippen LogP contribution >= 0.6 is 35.1 Å². The molecule has 1 N–H and O–H groups in total. The Labute approximate surface area is 125 Å². The third kappa shape index (κ3) is 2.70. The molecule has 19 heavy (non-hydrogen) atoms. The Bertz CT molecular complexity index is 650. The highest BCUT2D eigenvalue weighted by atomic mass is 35.5. The summed E-state index contributed by atoms with van der Waals surface area (Å²) in [5.74, 6) is 1.04. The largest absolute Gasteiger partial charge is 0.332 e. The summed E-state index contributed by atoms with van der Waals surface area (Å²) in [6.45, 7) is 5.27. The molecule has 1 aromatic heterocycles. The zero-order chi connectivity index (χ0) is 13.5. The average Bonchev–Trinajstić information content (AvgIpc) is 2.83. The van der Waals surface area contributed by atoms with Crippen molar-refractivity contribution < 1.29 is 0 Å². The number of hydrogen-bond acceptors (Lipinski definition) is 6. The van der Waals surface area contributed by atoms with Gasteiger partial charge >= 0.3 is 0 Å². The van der Waals surface area contributed by atoms with Crippen molar-refractivity contribution >= 4 is 57.0 Å². The number of amidine groups is 1. The number of fused-ring (bicyclic) bond motifs is 1. The first-order valence-electron chi connectivity index (χ1n) is 5.90. The first-order valence-corrected chi connectivity index (χ1v) is 8.00. The van der Waals surface area contributed by atoms with Crippen LogP contribution in [0.1, 0.15) is 13.8 Å². The van der Waals surface area contributed by atoms with Gasteiger partial charge in [0.15, 0.2) is 5.17 Å². The van der Waals surface area contributed by atoms with E-state index in [9.17, 15) is 0 Å². The summed E-state index contributed by atoms with van der Waals surface area (Å²) < 4.78 is 8.51. The molecule has 0 aliphatic carbocycles. The zero-order valence-corrected chi connectivity index (χ0v) is 13.0. The first-order chi connectivity index (χ1) is 9.05. The summed E-state index contributed by atoms with van der Waals surface area (Å²) >= 11 is 9.16. The molecule has 0 saturated heterocycles. The van der Waals surface area contributed by atoms with Gasteiger partial charge in [-0.1, -0.05) is 37.2 Å². The lowest BCUT2D eigenvalue weighted by molar-refractivity contribution is 0.438. The van der Waals surface area contributed by atoms with Gasteiger partial charge in [-0.2, -0.15) is 8.75 Å². The van der Waals surface area contributed by atoms with E-state index in [0.717, 1.165) is 34.2 Å². The normalized spacial score (nSPS) is 18.4. The maximum atomic E-state index is 6.25. The minimum absolute atomic E-state index is 0.258.